The average molecular weight is 375 g/mol. The zero-order valence-electron chi connectivity index (χ0n) is 14.2. The summed E-state index contributed by atoms with van der Waals surface area (Å²) in [4.78, 5) is 15.4. The number of rotatable bonds is 3. The van der Waals surface area contributed by atoms with Crippen LogP contribution in [0.25, 0.3) is 0 Å². The molecule has 2 aromatic carbocycles. The second kappa shape index (κ2) is 5.93. The molecule has 25 heavy (non-hydrogen) atoms. The van der Waals surface area contributed by atoms with Crippen molar-refractivity contribution in [3.63, 3.8) is 0 Å². The number of hydrogen-bond acceptors (Lipinski definition) is 2. The molecular formula is C20H20Cl2N2O. The van der Waals surface area contributed by atoms with Gasteiger partial charge in [-0.3, -0.25) is 4.79 Å². The Morgan fingerprint density at radius 1 is 1.12 bits per heavy atom. The fourth-order valence-electron chi connectivity index (χ4n) is 4.20. The lowest BCUT2D eigenvalue weighted by Gasteiger charge is -2.34. The number of nitrogens with one attached hydrogen (secondary N) is 1. The summed E-state index contributed by atoms with van der Waals surface area (Å²) in [6, 6.07) is 13.8. The van der Waals surface area contributed by atoms with Gasteiger partial charge in [0.05, 0.1) is 27.2 Å². The molecule has 2 aliphatic rings. The highest BCUT2D eigenvalue weighted by atomic mass is 35.5. The molecule has 3 nitrogen and oxygen atoms in total. The molecule has 130 valence electrons. The Bertz CT molecular complexity index is 825. The van der Waals surface area contributed by atoms with E-state index in [0.717, 1.165) is 12.8 Å². The summed E-state index contributed by atoms with van der Waals surface area (Å²) < 4.78 is 0. The van der Waals surface area contributed by atoms with E-state index in [1.807, 2.05) is 6.07 Å². The molecule has 4 rings (SSSR count). The zero-order chi connectivity index (χ0) is 17.8. The first-order chi connectivity index (χ1) is 12.0. The van der Waals surface area contributed by atoms with Gasteiger partial charge in [-0.25, -0.2) is 0 Å². The van der Waals surface area contributed by atoms with Crippen molar-refractivity contribution in [2.45, 2.75) is 44.3 Å². The lowest BCUT2D eigenvalue weighted by Crippen LogP contribution is -2.46. The van der Waals surface area contributed by atoms with Gasteiger partial charge in [-0.15, -0.1) is 0 Å². The van der Waals surface area contributed by atoms with Crippen LogP contribution in [0, 0.1) is 0 Å². The lowest BCUT2D eigenvalue weighted by molar-refractivity contribution is 0.0929. The van der Waals surface area contributed by atoms with Gasteiger partial charge >= 0.3 is 0 Å². The van der Waals surface area contributed by atoms with E-state index in [4.69, 9.17) is 23.2 Å². The van der Waals surface area contributed by atoms with E-state index in [2.05, 4.69) is 42.3 Å². The molecule has 1 N–H and O–H groups in total. The van der Waals surface area contributed by atoms with Gasteiger partial charge in [-0.05, 0) is 44.9 Å². The van der Waals surface area contributed by atoms with Crippen molar-refractivity contribution >= 4 is 34.8 Å². The van der Waals surface area contributed by atoms with Gasteiger partial charge < -0.3 is 10.2 Å². The standard InChI is InChI=1S/C20H20Cl2N2O/c1-12(2)24-16-9-4-3-6-13(16)18(20(24)10-11-20)23-19(25)17-14(21)7-5-8-15(17)22/h3-9,12,18H,10-11H2,1-2H3,(H,23,25). The van der Waals surface area contributed by atoms with Gasteiger partial charge in [0.15, 0.2) is 0 Å². The van der Waals surface area contributed by atoms with Crippen LogP contribution in [0.5, 0.6) is 0 Å². The van der Waals surface area contributed by atoms with Crippen molar-refractivity contribution in [3.05, 3.63) is 63.6 Å². The number of carbonyl (C=O) groups excluding carboxylic acids is 1. The minimum absolute atomic E-state index is 0.0265. The molecular weight excluding hydrogens is 355 g/mol. The number of benzene rings is 2. The van der Waals surface area contributed by atoms with Crippen LogP contribution in [0.3, 0.4) is 0 Å². The highest BCUT2D eigenvalue weighted by Gasteiger charge is 2.60. The van der Waals surface area contributed by atoms with E-state index in [1.54, 1.807) is 18.2 Å². The fourth-order valence-corrected chi connectivity index (χ4v) is 4.77. The predicted molar refractivity (Wildman–Crippen MR) is 103 cm³/mol. The summed E-state index contributed by atoms with van der Waals surface area (Å²) in [6.07, 6.45) is 2.14. The smallest absolute Gasteiger partial charge is 0.254 e. The quantitative estimate of drug-likeness (QED) is 0.797. The Labute approximate surface area is 157 Å². The molecule has 1 saturated carbocycles. The van der Waals surface area contributed by atoms with Crippen LogP contribution in [-0.4, -0.2) is 17.5 Å². The van der Waals surface area contributed by atoms with Crippen molar-refractivity contribution in [2.24, 2.45) is 0 Å². The van der Waals surface area contributed by atoms with E-state index in [-0.39, 0.29) is 17.5 Å². The van der Waals surface area contributed by atoms with E-state index < -0.39 is 0 Å². The van der Waals surface area contributed by atoms with Crippen LogP contribution in [0.15, 0.2) is 42.5 Å². The number of hydrogen-bond donors (Lipinski definition) is 1. The van der Waals surface area contributed by atoms with Gasteiger partial charge in [0.2, 0.25) is 0 Å². The maximum atomic E-state index is 12.9. The molecule has 0 saturated heterocycles. The summed E-state index contributed by atoms with van der Waals surface area (Å²) in [5.74, 6) is -0.215. The van der Waals surface area contributed by atoms with Crippen molar-refractivity contribution in [1.29, 1.82) is 0 Å². The Morgan fingerprint density at radius 2 is 1.76 bits per heavy atom. The van der Waals surface area contributed by atoms with E-state index >= 15 is 0 Å². The van der Waals surface area contributed by atoms with Gasteiger partial charge in [0.1, 0.15) is 0 Å². The Morgan fingerprint density at radius 3 is 2.36 bits per heavy atom. The van der Waals surface area contributed by atoms with Gasteiger partial charge in [0, 0.05) is 17.3 Å². The number of carbonyl (C=O) groups is 1. The number of anilines is 1. The molecule has 1 aliphatic heterocycles. The highest BCUT2D eigenvalue weighted by Crippen LogP contribution is 2.60. The summed E-state index contributed by atoms with van der Waals surface area (Å²) in [6.45, 7) is 4.40. The van der Waals surface area contributed by atoms with Crippen molar-refractivity contribution in [2.75, 3.05) is 4.90 Å². The van der Waals surface area contributed by atoms with E-state index in [1.165, 1.54) is 11.3 Å². The summed E-state index contributed by atoms with van der Waals surface area (Å²) >= 11 is 12.4. The monoisotopic (exact) mass is 374 g/mol. The SMILES string of the molecule is CC(C)N1c2ccccc2C(NC(=O)c2c(Cl)cccc2Cl)C12CC2. The second-order valence-corrected chi connectivity index (χ2v) is 7.94. The summed E-state index contributed by atoms with van der Waals surface area (Å²) in [5.41, 5.74) is 2.71. The van der Waals surface area contributed by atoms with Crippen molar-refractivity contribution in [3.8, 4) is 0 Å². The second-order valence-electron chi connectivity index (χ2n) is 7.13. The molecule has 1 atom stereocenters. The molecule has 0 radical (unpaired) electrons. The average Bonchev–Trinajstić information content (AvgIpc) is 3.28. The third kappa shape index (κ3) is 2.52. The van der Waals surface area contributed by atoms with Crippen LogP contribution in [0.1, 0.15) is 48.7 Å². The first-order valence-electron chi connectivity index (χ1n) is 8.59. The lowest BCUT2D eigenvalue weighted by atomic mass is 10.0. The molecule has 1 spiro atoms. The third-order valence-corrected chi connectivity index (χ3v) is 5.90. The van der Waals surface area contributed by atoms with Gasteiger partial charge in [0.25, 0.3) is 5.91 Å². The maximum absolute atomic E-state index is 12.9. The Balaban J connectivity index is 1.72. The minimum atomic E-state index is -0.215. The Hall–Kier alpha value is -1.71. The molecule has 1 aliphatic carbocycles. The number of nitrogens with zero attached hydrogens (tertiary/aromatic N) is 1. The molecule has 5 heteroatoms. The normalized spacial score (nSPS) is 20.0. The molecule has 0 bridgehead atoms. The third-order valence-electron chi connectivity index (χ3n) is 5.27. The van der Waals surface area contributed by atoms with Crippen LogP contribution in [-0.2, 0) is 0 Å². The van der Waals surface area contributed by atoms with Crippen molar-refractivity contribution in [1.82, 2.24) is 5.32 Å². The molecule has 1 unspecified atom stereocenters. The van der Waals surface area contributed by atoms with Crippen molar-refractivity contribution < 1.29 is 4.79 Å². The van der Waals surface area contributed by atoms with Crippen LogP contribution in [0.4, 0.5) is 5.69 Å². The number of halogens is 2. The molecule has 0 aromatic heterocycles. The first kappa shape index (κ1) is 16.7. The van der Waals surface area contributed by atoms with Gasteiger partial charge in [-0.1, -0.05) is 47.5 Å². The number of amides is 1. The van der Waals surface area contributed by atoms with E-state index in [9.17, 15) is 4.79 Å². The van der Waals surface area contributed by atoms with E-state index in [0.29, 0.717) is 21.7 Å². The zero-order valence-corrected chi connectivity index (χ0v) is 15.7. The molecule has 1 fully saturated rings. The predicted octanol–water partition coefficient (Wildman–Crippen LogP) is 5.23. The molecule has 1 heterocycles. The largest absolute Gasteiger partial charge is 0.361 e. The first-order valence-corrected chi connectivity index (χ1v) is 9.34. The fraction of sp³-hybridized carbons (Fsp3) is 0.350. The van der Waals surface area contributed by atoms with Crippen LogP contribution in [0.2, 0.25) is 10.0 Å². The molecule has 2 aromatic rings. The minimum Gasteiger partial charge on any atom is -0.361 e. The van der Waals surface area contributed by atoms with Crippen LogP contribution < -0.4 is 10.2 Å². The Kier molecular flexibility index (Phi) is 3.97. The van der Waals surface area contributed by atoms with Gasteiger partial charge in [-0.2, -0.15) is 0 Å². The molecule has 1 amide bonds. The summed E-state index contributed by atoms with van der Waals surface area (Å²) in [7, 11) is 0. The van der Waals surface area contributed by atoms with Crippen LogP contribution >= 0.6 is 23.2 Å². The number of para-hydroxylation sites is 1. The maximum Gasteiger partial charge on any atom is 0.254 e. The number of fused-ring (bicyclic) bond motifs is 1. The summed E-state index contributed by atoms with van der Waals surface area (Å²) in [5, 5.41) is 3.97. The topological polar surface area (TPSA) is 32.3 Å². The highest BCUT2D eigenvalue weighted by molar-refractivity contribution is 6.39.